The van der Waals surface area contributed by atoms with Gasteiger partial charge in [-0.3, -0.25) is 4.79 Å². The number of carbonyl (C=O) groups excluding carboxylic acids is 2. The van der Waals surface area contributed by atoms with Crippen molar-refractivity contribution in [3.05, 3.63) is 65.7 Å². The molecule has 0 saturated heterocycles. The van der Waals surface area contributed by atoms with Crippen molar-refractivity contribution in [2.75, 3.05) is 26.3 Å². The predicted octanol–water partition coefficient (Wildman–Crippen LogP) is 4.61. The monoisotopic (exact) mass is 481 g/mol. The van der Waals surface area contributed by atoms with Crippen molar-refractivity contribution < 1.29 is 37.0 Å². The molecule has 0 spiro atoms. The van der Waals surface area contributed by atoms with Gasteiger partial charge in [0.05, 0.1) is 19.6 Å². The summed E-state index contributed by atoms with van der Waals surface area (Å²) in [5.41, 5.74) is 2.29. The maximum absolute atomic E-state index is 12.0. The van der Waals surface area contributed by atoms with Crippen LogP contribution in [0.1, 0.15) is 36.8 Å². The summed E-state index contributed by atoms with van der Waals surface area (Å²) in [5, 5.41) is 2.94. The highest BCUT2D eigenvalue weighted by Gasteiger charge is 2.42. The normalized spacial score (nSPS) is 11.3. The number of alkyl halides is 3. The van der Waals surface area contributed by atoms with Crippen molar-refractivity contribution in [2.45, 2.75) is 44.9 Å². The molecular formula is C25H30F3NO5. The largest absolute Gasteiger partial charge is 0.494 e. The Bertz CT molecular complexity index is 857. The van der Waals surface area contributed by atoms with Crippen molar-refractivity contribution in [1.29, 1.82) is 0 Å². The number of hydrogen-bond acceptors (Lipinski definition) is 6. The lowest BCUT2D eigenvalue weighted by Crippen LogP contribution is -2.29. The summed E-state index contributed by atoms with van der Waals surface area (Å²) in [6, 6.07) is 17.9. The standard InChI is InChI=1S/C25H30F3NO5/c26-25(27,28)24(31)34-23(30)14-16-29-15-6-9-20-10-12-22(13-11-20)33-18-5-4-17-32-19-21-7-2-1-3-8-21/h1-3,7-8,10-13,29H,4-6,9,14-19H2. The molecule has 0 unspecified atom stereocenters. The first-order valence-corrected chi connectivity index (χ1v) is 11.2. The lowest BCUT2D eigenvalue weighted by atomic mass is 10.1. The van der Waals surface area contributed by atoms with Crippen molar-refractivity contribution >= 4 is 11.9 Å². The zero-order chi connectivity index (χ0) is 24.7. The van der Waals surface area contributed by atoms with Crippen LogP contribution >= 0.6 is 0 Å². The summed E-state index contributed by atoms with van der Waals surface area (Å²) in [7, 11) is 0. The predicted molar refractivity (Wildman–Crippen MR) is 120 cm³/mol. The Morgan fingerprint density at radius 3 is 2.24 bits per heavy atom. The minimum absolute atomic E-state index is 0.133. The fraction of sp³-hybridized carbons (Fsp3) is 0.440. The molecule has 0 aromatic heterocycles. The minimum Gasteiger partial charge on any atom is -0.494 e. The molecule has 2 aromatic carbocycles. The summed E-state index contributed by atoms with van der Waals surface area (Å²) in [6.45, 7) is 2.64. The number of esters is 2. The Labute approximate surface area is 197 Å². The van der Waals surface area contributed by atoms with E-state index in [-0.39, 0.29) is 13.0 Å². The molecule has 0 bridgehead atoms. The van der Waals surface area contributed by atoms with Gasteiger partial charge in [-0.2, -0.15) is 13.2 Å². The first kappa shape index (κ1) is 27.3. The lowest BCUT2D eigenvalue weighted by molar-refractivity contribution is -0.201. The topological polar surface area (TPSA) is 73.9 Å². The van der Waals surface area contributed by atoms with Crippen molar-refractivity contribution in [3.8, 4) is 5.75 Å². The summed E-state index contributed by atoms with van der Waals surface area (Å²) < 4.78 is 51.1. The number of hydrogen-bond donors (Lipinski definition) is 1. The smallest absolute Gasteiger partial charge is 0.491 e. The lowest BCUT2D eigenvalue weighted by Gasteiger charge is -2.08. The zero-order valence-corrected chi connectivity index (χ0v) is 18.9. The van der Waals surface area contributed by atoms with E-state index in [2.05, 4.69) is 10.1 Å². The molecule has 0 saturated carbocycles. The number of rotatable bonds is 15. The Morgan fingerprint density at radius 2 is 1.53 bits per heavy atom. The van der Waals surface area contributed by atoms with Crippen LogP contribution < -0.4 is 10.1 Å². The third-order valence-electron chi connectivity index (χ3n) is 4.75. The Hall–Kier alpha value is -2.91. The molecule has 34 heavy (non-hydrogen) atoms. The van der Waals surface area contributed by atoms with Gasteiger partial charge < -0.3 is 19.5 Å². The highest BCUT2D eigenvalue weighted by atomic mass is 19.4. The third-order valence-corrected chi connectivity index (χ3v) is 4.75. The summed E-state index contributed by atoms with van der Waals surface area (Å²) in [4.78, 5) is 21.7. The van der Waals surface area contributed by atoms with E-state index in [1.165, 1.54) is 0 Å². The van der Waals surface area contributed by atoms with E-state index in [0.29, 0.717) is 26.4 Å². The summed E-state index contributed by atoms with van der Waals surface area (Å²) in [5.74, 6) is -2.89. The molecule has 0 fully saturated rings. The van der Waals surface area contributed by atoms with Gasteiger partial charge in [0.15, 0.2) is 0 Å². The van der Waals surface area contributed by atoms with Crippen molar-refractivity contribution in [2.24, 2.45) is 0 Å². The second kappa shape index (κ2) is 15.1. The van der Waals surface area contributed by atoms with Crippen LogP contribution in [-0.4, -0.2) is 44.4 Å². The van der Waals surface area contributed by atoms with Crippen LogP contribution in [0.5, 0.6) is 5.75 Å². The molecule has 0 radical (unpaired) electrons. The highest BCUT2D eigenvalue weighted by Crippen LogP contribution is 2.17. The molecule has 0 aliphatic rings. The van der Waals surface area contributed by atoms with Crippen LogP contribution in [0.2, 0.25) is 0 Å². The Balaban J connectivity index is 1.47. The molecule has 0 aliphatic carbocycles. The van der Waals surface area contributed by atoms with E-state index in [0.717, 1.165) is 42.6 Å². The second-order valence-electron chi connectivity index (χ2n) is 7.60. The molecule has 2 aromatic rings. The Morgan fingerprint density at radius 1 is 0.824 bits per heavy atom. The van der Waals surface area contributed by atoms with E-state index < -0.39 is 18.1 Å². The van der Waals surface area contributed by atoms with Crippen molar-refractivity contribution in [3.63, 3.8) is 0 Å². The molecule has 0 atom stereocenters. The molecule has 9 heteroatoms. The molecular weight excluding hydrogens is 451 g/mol. The zero-order valence-electron chi connectivity index (χ0n) is 18.9. The maximum Gasteiger partial charge on any atom is 0.491 e. The number of halogens is 3. The van der Waals surface area contributed by atoms with Crippen LogP contribution in [0.25, 0.3) is 0 Å². The maximum atomic E-state index is 12.0. The number of unbranched alkanes of at least 4 members (excludes halogenated alkanes) is 1. The van der Waals surface area contributed by atoms with E-state index in [1.807, 2.05) is 54.6 Å². The number of aryl methyl sites for hydroxylation is 1. The molecule has 0 heterocycles. The van der Waals surface area contributed by atoms with Crippen LogP contribution in [0, 0.1) is 0 Å². The van der Waals surface area contributed by atoms with Crippen LogP contribution in [-0.2, 0) is 32.1 Å². The van der Waals surface area contributed by atoms with Gasteiger partial charge in [0.1, 0.15) is 5.75 Å². The van der Waals surface area contributed by atoms with Gasteiger partial charge in [-0.25, -0.2) is 4.79 Å². The van der Waals surface area contributed by atoms with Gasteiger partial charge in [0.25, 0.3) is 0 Å². The SMILES string of the molecule is O=C(CCNCCCc1ccc(OCCCCOCc2ccccc2)cc1)OC(=O)C(F)(F)F. The van der Waals surface area contributed by atoms with Crippen LogP contribution in [0.3, 0.4) is 0 Å². The minimum atomic E-state index is -5.17. The first-order valence-electron chi connectivity index (χ1n) is 11.2. The number of carbonyl (C=O) groups is 2. The van der Waals surface area contributed by atoms with E-state index in [1.54, 1.807) is 0 Å². The summed E-state index contributed by atoms with van der Waals surface area (Å²) in [6.07, 6.45) is -2.08. The van der Waals surface area contributed by atoms with E-state index in [4.69, 9.17) is 9.47 Å². The average molecular weight is 482 g/mol. The van der Waals surface area contributed by atoms with Gasteiger partial charge >= 0.3 is 18.1 Å². The van der Waals surface area contributed by atoms with Gasteiger partial charge in [0, 0.05) is 13.2 Å². The number of benzene rings is 2. The molecule has 1 N–H and O–H groups in total. The van der Waals surface area contributed by atoms with Crippen LogP contribution in [0.15, 0.2) is 54.6 Å². The molecule has 2 rings (SSSR count). The molecule has 0 amide bonds. The fourth-order valence-corrected chi connectivity index (χ4v) is 2.96. The fourth-order valence-electron chi connectivity index (χ4n) is 2.96. The van der Waals surface area contributed by atoms with Gasteiger partial charge in [-0.15, -0.1) is 0 Å². The first-order chi connectivity index (χ1) is 16.3. The summed E-state index contributed by atoms with van der Waals surface area (Å²) >= 11 is 0. The van der Waals surface area contributed by atoms with Crippen molar-refractivity contribution in [1.82, 2.24) is 5.32 Å². The average Bonchev–Trinajstić information content (AvgIpc) is 2.81. The molecule has 6 nitrogen and oxygen atoms in total. The Kier molecular flexibility index (Phi) is 12.1. The van der Waals surface area contributed by atoms with E-state index in [9.17, 15) is 22.8 Å². The van der Waals surface area contributed by atoms with Gasteiger partial charge in [-0.1, -0.05) is 42.5 Å². The third kappa shape index (κ3) is 11.8. The molecule has 186 valence electrons. The number of ether oxygens (including phenoxy) is 3. The van der Waals surface area contributed by atoms with Gasteiger partial charge in [-0.05, 0) is 55.5 Å². The van der Waals surface area contributed by atoms with E-state index >= 15 is 0 Å². The number of nitrogens with one attached hydrogen (secondary N) is 1. The van der Waals surface area contributed by atoms with Gasteiger partial charge in [0.2, 0.25) is 0 Å². The quantitative estimate of drug-likeness (QED) is 0.228. The molecule has 0 aliphatic heterocycles. The highest BCUT2D eigenvalue weighted by molar-refractivity contribution is 5.88. The second-order valence-corrected chi connectivity index (χ2v) is 7.60. The van der Waals surface area contributed by atoms with Crippen LogP contribution in [0.4, 0.5) is 13.2 Å².